The van der Waals surface area contributed by atoms with Crippen LogP contribution in [-0.4, -0.2) is 55.6 Å². The third-order valence-corrected chi connectivity index (χ3v) is 6.40. The monoisotopic (exact) mass is 385 g/mol. The minimum absolute atomic E-state index is 0.0252. The Morgan fingerprint density at radius 3 is 2.64 bits per heavy atom. The zero-order valence-electron chi connectivity index (χ0n) is 17.2. The molecule has 1 aromatic rings. The predicted octanol–water partition coefficient (Wildman–Crippen LogP) is 3.53. The van der Waals surface area contributed by atoms with Gasteiger partial charge in [-0.2, -0.15) is 5.26 Å². The topological polar surface area (TPSA) is 65.8 Å². The van der Waals surface area contributed by atoms with Crippen molar-refractivity contribution in [3.8, 4) is 17.6 Å². The van der Waals surface area contributed by atoms with Crippen LogP contribution in [0.3, 0.4) is 0 Å². The van der Waals surface area contributed by atoms with E-state index < -0.39 is 5.54 Å². The number of carbonyl (C=O) groups excluding carboxylic acids is 1. The number of rotatable bonds is 6. The first-order chi connectivity index (χ1) is 13.5. The Morgan fingerprint density at radius 1 is 1.25 bits per heavy atom. The molecule has 0 aromatic heterocycles. The Hall–Kier alpha value is -2.26. The third kappa shape index (κ3) is 3.95. The van der Waals surface area contributed by atoms with E-state index in [0.717, 1.165) is 68.6 Å². The zero-order chi connectivity index (χ0) is 20.1. The lowest BCUT2D eigenvalue weighted by Crippen LogP contribution is -2.52. The SMILES string of the molecule is COc1ccc(OC)c(C2CCCN2CC(=O)N(C)C2(C#N)CCCCC2)c1. The van der Waals surface area contributed by atoms with Crippen LogP contribution in [0.5, 0.6) is 11.5 Å². The molecule has 28 heavy (non-hydrogen) atoms. The van der Waals surface area contributed by atoms with E-state index in [0.29, 0.717) is 6.54 Å². The zero-order valence-corrected chi connectivity index (χ0v) is 17.2. The van der Waals surface area contributed by atoms with Gasteiger partial charge in [0.1, 0.15) is 17.0 Å². The average molecular weight is 386 g/mol. The van der Waals surface area contributed by atoms with Crippen molar-refractivity contribution in [1.82, 2.24) is 9.80 Å². The smallest absolute Gasteiger partial charge is 0.237 e. The molecular formula is C22H31N3O3. The standard InChI is InChI=1S/C22H31N3O3/c1-24(22(16-23)11-5-4-6-12-22)21(26)15-25-13-7-8-19(25)18-14-17(27-2)9-10-20(18)28-3/h9-10,14,19H,4-8,11-13,15H2,1-3H3. The Balaban J connectivity index is 1.77. The molecule has 1 saturated heterocycles. The molecule has 6 heteroatoms. The quantitative estimate of drug-likeness (QED) is 0.749. The maximum atomic E-state index is 13.1. The lowest BCUT2D eigenvalue weighted by Gasteiger charge is -2.40. The maximum Gasteiger partial charge on any atom is 0.237 e. The maximum absolute atomic E-state index is 13.1. The minimum atomic E-state index is -0.641. The van der Waals surface area contributed by atoms with Crippen molar-refractivity contribution in [3.63, 3.8) is 0 Å². The molecule has 1 saturated carbocycles. The first-order valence-corrected chi connectivity index (χ1v) is 10.2. The first kappa shape index (κ1) is 20.5. The van der Waals surface area contributed by atoms with E-state index in [2.05, 4.69) is 11.0 Å². The molecule has 1 amide bonds. The van der Waals surface area contributed by atoms with Gasteiger partial charge >= 0.3 is 0 Å². The molecule has 2 aliphatic rings. The summed E-state index contributed by atoms with van der Waals surface area (Å²) in [5, 5.41) is 9.79. The molecule has 0 bridgehead atoms. The van der Waals surface area contributed by atoms with E-state index in [1.165, 1.54) is 0 Å². The number of likely N-dealkylation sites (N-methyl/N-ethyl adjacent to an activating group) is 1. The molecule has 3 rings (SSSR count). The first-order valence-electron chi connectivity index (χ1n) is 10.2. The minimum Gasteiger partial charge on any atom is -0.497 e. The van der Waals surface area contributed by atoms with Crippen LogP contribution in [-0.2, 0) is 4.79 Å². The third-order valence-electron chi connectivity index (χ3n) is 6.40. The van der Waals surface area contributed by atoms with Gasteiger partial charge in [0.25, 0.3) is 0 Å². The summed E-state index contributed by atoms with van der Waals surface area (Å²) in [6.07, 6.45) is 6.74. The molecule has 0 radical (unpaired) electrons. The lowest BCUT2D eigenvalue weighted by atomic mass is 9.81. The number of nitrogens with zero attached hydrogens (tertiary/aromatic N) is 3. The molecule has 1 aliphatic heterocycles. The number of hydrogen-bond acceptors (Lipinski definition) is 5. The van der Waals surface area contributed by atoms with E-state index in [1.807, 2.05) is 18.2 Å². The number of amides is 1. The van der Waals surface area contributed by atoms with E-state index in [9.17, 15) is 10.1 Å². The van der Waals surface area contributed by atoms with Crippen molar-refractivity contribution >= 4 is 5.91 Å². The number of hydrogen-bond donors (Lipinski definition) is 0. The van der Waals surface area contributed by atoms with Gasteiger partial charge in [-0.15, -0.1) is 0 Å². The molecule has 152 valence electrons. The second-order valence-corrected chi connectivity index (χ2v) is 7.89. The molecule has 6 nitrogen and oxygen atoms in total. The van der Waals surface area contributed by atoms with Crippen molar-refractivity contribution in [2.24, 2.45) is 0 Å². The van der Waals surface area contributed by atoms with Gasteiger partial charge in [-0.1, -0.05) is 19.3 Å². The van der Waals surface area contributed by atoms with Gasteiger partial charge in [-0.3, -0.25) is 9.69 Å². The number of methoxy groups -OCH3 is 2. The lowest BCUT2D eigenvalue weighted by molar-refractivity contribution is -0.136. The van der Waals surface area contributed by atoms with Crippen molar-refractivity contribution in [2.75, 3.05) is 34.4 Å². The van der Waals surface area contributed by atoms with Crippen molar-refractivity contribution in [3.05, 3.63) is 23.8 Å². The summed E-state index contributed by atoms with van der Waals surface area (Å²) in [7, 11) is 5.12. The highest BCUT2D eigenvalue weighted by atomic mass is 16.5. The van der Waals surface area contributed by atoms with Gasteiger partial charge < -0.3 is 14.4 Å². The summed E-state index contributed by atoms with van der Waals surface area (Å²) in [4.78, 5) is 17.0. The van der Waals surface area contributed by atoms with Gasteiger partial charge in [0.05, 0.1) is 26.8 Å². The van der Waals surface area contributed by atoms with Gasteiger partial charge in [-0.05, 0) is 50.4 Å². The van der Waals surface area contributed by atoms with Crippen molar-refractivity contribution in [2.45, 2.75) is 56.5 Å². The summed E-state index contributed by atoms with van der Waals surface area (Å²) in [6.45, 7) is 1.19. The normalized spacial score (nSPS) is 21.7. The van der Waals surface area contributed by atoms with Crippen LogP contribution in [0.4, 0.5) is 0 Å². The van der Waals surface area contributed by atoms with Crippen LogP contribution >= 0.6 is 0 Å². The summed E-state index contributed by atoms with van der Waals surface area (Å²) >= 11 is 0. The highest BCUT2D eigenvalue weighted by molar-refractivity contribution is 5.79. The summed E-state index contributed by atoms with van der Waals surface area (Å²) in [5.74, 6) is 1.63. The Labute approximate surface area is 168 Å². The van der Waals surface area contributed by atoms with Gasteiger partial charge in [0, 0.05) is 18.7 Å². The summed E-state index contributed by atoms with van der Waals surface area (Å²) in [6, 6.07) is 8.39. The van der Waals surface area contributed by atoms with Crippen LogP contribution in [0.2, 0.25) is 0 Å². The van der Waals surface area contributed by atoms with E-state index in [4.69, 9.17) is 9.47 Å². The molecule has 0 N–H and O–H groups in total. The fourth-order valence-electron chi connectivity index (χ4n) is 4.64. The van der Waals surface area contributed by atoms with Gasteiger partial charge in [0.2, 0.25) is 5.91 Å². The number of nitriles is 1. The number of likely N-dealkylation sites (tertiary alicyclic amines) is 1. The number of ether oxygens (including phenoxy) is 2. The average Bonchev–Trinajstić information content (AvgIpc) is 3.20. The van der Waals surface area contributed by atoms with E-state index in [-0.39, 0.29) is 11.9 Å². The predicted molar refractivity (Wildman–Crippen MR) is 107 cm³/mol. The Bertz CT molecular complexity index is 737. The molecule has 1 atom stereocenters. The Morgan fingerprint density at radius 2 is 2.00 bits per heavy atom. The van der Waals surface area contributed by atoms with Crippen LogP contribution in [0.25, 0.3) is 0 Å². The summed E-state index contributed by atoms with van der Waals surface area (Å²) in [5.41, 5.74) is 0.417. The Kier molecular flexibility index (Phi) is 6.46. The highest BCUT2D eigenvalue weighted by Crippen LogP contribution is 2.39. The molecule has 0 spiro atoms. The molecule has 1 heterocycles. The fraction of sp³-hybridized carbons (Fsp3) is 0.636. The highest BCUT2D eigenvalue weighted by Gasteiger charge is 2.40. The molecular weight excluding hydrogens is 354 g/mol. The molecule has 1 unspecified atom stereocenters. The number of carbonyl (C=O) groups is 1. The molecule has 2 fully saturated rings. The van der Waals surface area contributed by atoms with Crippen LogP contribution < -0.4 is 9.47 Å². The second kappa shape index (κ2) is 8.83. The van der Waals surface area contributed by atoms with Gasteiger partial charge in [0.15, 0.2) is 0 Å². The fourth-order valence-corrected chi connectivity index (χ4v) is 4.64. The summed E-state index contributed by atoms with van der Waals surface area (Å²) < 4.78 is 11.0. The van der Waals surface area contributed by atoms with Crippen LogP contribution in [0.15, 0.2) is 18.2 Å². The molecule has 1 aromatic carbocycles. The van der Waals surface area contributed by atoms with E-state index >= 15 is 0 Å². The van der Waals surface area contributed by atoms with Crippen LogP contribution in [0, 0.1) is 11.3 Å². The van der Waals surface area contributed by atoms with Crippen molar-refractivity contribution < 1.29 is 14.3 Å². The second-order valence-electron chi connectivity index (χ2n) is 7.89. The molecule has 1 aliphatic carbocycles. The largest absolute Gasteiger partial charge is 0.497 e. The van der Waals surface area contributed by atoms with Gasteiger partial charge in [-0.25, -0.2) is 0 Å². The van der Waals surface area contributed by atoms with Crippen molar-refractivity contribution in [1.29, 1.82) is 5.26 Å². The van der Waals surface area contributed by atoms with Crippen LogP contribution in [0.1, 0.15) is 56.6 Å². The van der Waals surface area contributed by atoms with E-state index in [1.54, 1.807) is 26.2 Å². The number of benzene rings is 1.